The molecule has 0 radical (unpaired) electrons. The number of carboxylic acid groups (broad SMARTS) is 1. The van der Waals surface area contributed by atoms with E-state index in [-0.39, 0.29) is 5.56 Å². The van der Waals surface area contributed by atoms with Gasteiger partial charge in [0.1, 0.15) is 0 Å². The second-order valence-electron chi connectivity index (χ2n) is 5.61. The minimum Gasteiger partial charge on any atom is -0.478 e. The number of rotatable bonds is 2. The van der Waals surface area contributed by atoms with E-state index in [0.717, 1.165) is 31.2 Å². The Hall–Kier alpha value is -1.35. The van der Waals surface area contributed by atoms with Crippen LogP contribution in [0.3, 0.4) is 0 Å². The number of carboxylic acids is 1. The van der Waals surface area contributed by atoms with Crippen molar-refractivity contribution in [3.63, 3.8) is 0 Å². The minimum absolute atomic E-state index is 0.269. The van der Waals surface area contributed by atoms with E-state index in [0.29, 0.717) is 11.8 Å². The molecule has 0 aromatic heterocycles. The van der Waals surface area contributed by atoms with Crippen LogP contribution in [0.2, 0.25) is 0 Å². The molecule has 0 heterocycles. The van der Waals surface area contributed by atoms with Gasteiger partial charge in [0.2, 0.25) is 0 Å². The second kappa shape index (κ2) is 4.09. The van der Waals surface area contributed by atoms with Crippen molar-refractivity contribution in [1.29, 1.82) is 0 Å². The zero-order chi connectivity index (χ0) is 12.8. The molecule has 0 aliphatic heterocycles. The summed E-state index contributed by atoms with van der Waals surface area (Å²) in [5, 5.41) is 20.1. The summed E-state index contributed by atoms with van der Waals surface area (Å²) in [6, 6.07) is 6.85. The van der Waals surface area contributed by atoms with Gasteiger partial charge in [0.25, 0.3) is 0 Å². The van der Waals surface area contributed by atoms with Crippen molar-refractivity contribution in [2.75, 3.05) is 0 Å². The maximum absolute atomic E-state index is 11.1. The third-order valence-electron chi connectivity index (χ3n) is 4.79. The highest BCUT2D eigenvalue weighted by atomic mass is 16.4. The van der Waals surface area contributed by atoms with Gasteiger partial charge >= 0.3 is 5.97 Å². The van der Waals surface area contributed by atoms with Gasteiger partial charge in [0.15, 0.2) is 0 Å². The lowest BCUT2D eigenvalue weighted by atomic mass is 9.70. The van der Waals surface area contributed by atoms with Crippen LogP contribution in [0.25, 0.3) is 0 Å². The Kier molecular flexibility index (Phi) is 2.67. The molecule has 3 heteroatoms. The number of aliphatic hydroxyl groups is 1. The summed E-state index contributed by atoms with van der Waals surface area (Å²) in [4.78, 5) is 11.0. The molecule has 2 saturated carbocycles. The summed E-state index contributed by atoms with van der Waals surface area (Å²) in [7, 11) is 0. The first-order valence-corrected chi connectivity index (χ1v) is 6.68. The van der Waals surface area contributed by atoms with Crippen LogP contribution in [0, 0.1) is 11.8 Å². The van der Waals surface area contributed by atoms with E-state index in [2.05, 4.69) is 0 Å². The zero-order valence-electron chi connectivity index (χ0n) is 10.3. The fraction of sp³-hybridized carbons (Fsp3) is 0.533. The zero-order valence-corrected chi connectivity index (χ0v) is 10.3. The molecule has 1 aromatic carbocycles. The molecule has 0 spiro atoms. The predicted molar refractivity (Wildman–Crippen MR) is 67.4 cm³/mol. The highest BCUT2D eigenvalue weighted by Gasteiger charge is 2.51. The lowest BCUT2D eigenvalue weighted by Gasteiger charge is -2.40. The summed E-state index contributed by atoms with van der Waals surface area (Å²) in [6.07, 6.45) is 5.45. The van der Waals surface area contributed by atoms with Crippen LogP contribution < -0.4 is 0 Å². The summed E-state index contributed by atoms with van der Waals surface area (Å²) in [5.74, 6) is -0.316. The first-order chi connectivity index (χ1) is 8.62. The van der Waals surface area contributed by atoms with E-state index in [4.69, 9.17) is 5.11 Å². The Balaban J connectivity index is 2.03. The second-order valence-corrected chi connectivity index (χ2v) is 5.61. The maximum atomic E-state index is 11.1. The molecule has 18 heavy (non-hydrogen) atoms. The molecule has 2 aliphatic carbocycles. The number of aromatic carboxylic acids is 1. The van der Waals surface area contributed by atoms with Gasteiger partial charge < -0.3 is 10.2 Å². The van der Waals surface area contributed by atoms with Crippen LogP contribution in [0.15, 0.2) is 24.3 Å². The average molecular weight is 246 g/mol. The molecule has 1 aromatic rings. The van der Waals surface area contributed by atoms with E-state index >= 15 is 0 Å². The van der Waals surface area contributed by atoms with E-state index in [9.17, 15) is 9.90 Å². The van der Waals surface area contributed by atoms with Crippen molar-refractivity contribution in [3.05, 3.63) is 35.4 Å². The highest BCUT2D eigenvalue weighted by molar-refractivity contribution is 5.87. The Bertz CT molecular complexity index is 464. The number of carbonyl (C=O) groups is 1. The normalized spacial score (nSPS) is 34.5. The van der Waals surface area contributed by atoms with E-state index in [1.54, 1.807) is 18.2 Å². The Morgan fingerprint density at radius 1 is 1.17 bits per heavy atom. The van der Waals surface area contributed by atoms with E-state index in [1.165, 1.54) is 6.42 Å². The Morgan fingerprint density at radius 3 is 2.44 bits per heavy atom. The standard InChI is InChI=1S/C15H18O3/c16-14(17)10-3-1-6-13(9-10)15(18)11-4-2-5-12(15)8-7-11/h1,3,6,9,11-12,18H,2,4-5,7-8H2,(H,16,17)/t11-,12+,15-. The van der Waals surface area contributed by atoms with Crippen LogP contribution in [-0.4, -0.2) is 16.2 Å². The third-order valence-corrected chi connectivity index (χ3v) is 4.79. The summed E-state index contributed by atoms with van der Waals surface area (Å²) in [5.41, 5.74) is 0.282. The number of hydrogen-bond donors (Lipinski definition) is 2. The van der Waals surface area contributed by atoms with Crippen molar-refractivity contribution < 1.29 is 15.0 Å². The van der Waals surface area contributed by atoms with Gasteiger partial charge in [-0.2, -0.15) is 0 Å². The SMILES string of the molecule is O=C(O)c1cccc([C@@]2(O)[C@@H]3CCC[C@H]2CC3)c1. The van der Waals surface area contributed by atoms with Crippen molar-refractivity contribution in [2.24, 2.45) is 11.8 Å². The molecule has 96 valence electrons. The Morgan fingerprint density at radius 2 is 1.83 bits per heavy atom. The van der Waals surface area contributed by atoms with Crippen LogP contribution in [0.5, 0.6) is 0 Å². The smallest absolute Gasteiger partial charge is 0.335 e. The topological polar surface area (TPSA) is 57.5 Å². The lowest BCUT2D eigenvalue weighted by Crippen LogP contribution is -2.39. The molecule has 2 N–H and O–H groups in total. The van der Waals surface area contributed by atoms with Crippen LogP contribution in [0.4, 0.5) is 0 Å². The monoisotopic (exact) mass is 246 g/mol. The fourth-order valence-corrected chi connectivity index (χ4v) is 3.89. The van der Waals surface area contributed by atoms with Crippen LogP contribution in [-0.2, 0) is 5.60 Å². The van der Waals surface area contributed by atoms with Gasteiger partial charge in [0, 0.05) is 0 Å². The number of benzene rings is 1. The van der Waals surface area contributed by atoms with Crippen LogP contribution in [0.1, 0.15) is 48.0 Å². The fourth-order valence-electron chi connectivity index (χ4n) is 3.89. The quantitative estimate of drug-likeness (QED) is 0.843. The van der Waals surface area contributed by atoms with Gasteiger partial charge in [0.05, 0.1) is 11.2 Å². The van der Waals surface area contributed by atoms with Gasteiger partial charge in [-0.1, -0.05) is 18.6 Å². The average Bonchev–Trinajstić information content (AvgIpc) is 2.58. The lowest BCUT2D eigenvalue weighted by molar-refractivity contribution is -0.0658. The Labute approximate surface area is 106 Å². The number of fused-ring (bicyclic) bond motifs is 2. The van der Waals surface area contributed by atoms with Gasteiger partial charge in [-0.25, -0.2) is 4.79 Å². The molecular weight excluding hydrogens is 228 g/mol. The van der Waals surface area contributed by atoms with Crippen molar-refractivity contribution in [1.82, 2.24) is 0 Å². The molecule has 0 unspecified atom stereocenters. The van der Waals surface area contributed by atoms with Crippen molar-refractivity contribution in [3.8, 4) is 0 Å². The molecule has 0 amide bonds. The molecule has 2 aliphatic rings. The van der Waals surface area contributed by atoms with E-state index in [1.807, 2.05) is 6.07 Å². The van der Waals surface area contributed by atoms with Gasteiger partial charge in [-0.3, -0.25) is 0 Å². The number of hydrogen-bond acceptors (Lipinski definition) is 2. The molecule has 2 bridgehead atoms. The molecule has 0 saturated heterocycles. The molecule has 3 nitrogen and oxygen atoms in total. The third kappa shape index (κ3) is 1.57. The first kappa shape index (κ1) is 11.7. The van der Waals surface area contributed by atoms with Crippen molar-refractivity contribution in [2.45, 2.75) is 37.7 Å². The summed E-state index contributed by atoms with van der Waals surface area (Å²) >= 11 is 0. The minimum atomic E-state index is -0.927. The van der Waals surface area contributed by atoms with Crippen molar-refractivity contribution >= 4 is 5.97 Å². The van der Waals surface area contributed by atoms with E-state index < -0.39 is 11.6 Å². The van der Waals surface area contributed by atoms with Gasteiger partial charge in [-0.15, -0.1) is 0 Å². The van der Waals surface area contributed by atoms with Gasteiger partial charge in [-0.05, 0) is 55.2 Å². The molecule has 2 fully saturated rings. The van der Waals surface area contributed by atoms with Crippen LogP contribution >= 0.6 is 0 Å². The molecular formula is C15H18O3. The summed E-state index contributed by atoms with van der Waals surface area (Å²) < 4.78 is 0. The maximum Gasteiger partial charge on any atom is 0.335 e. The largest absolute Gasteiger partial charge is 0.478 e. The summed E-state index contributed by atoms with van der Waals surface area (Å²) in [6.45, 7) is 0. The first-order valence-electron chi connectivity index (χ1n) is 6.68. The predicted octanol–water partition coefficient (Wildman–Crippen LogP) is 2.78. The molecule has 3 rings (SSSR count). The molecule has 3 atom stereocenters. The highest BCUT2D eigenvalue weighted by Crippen LogP contribution is 2.55.